The highest BCUT2D eigenvalue weighted by molar-refractivity contribution is 7.68. The molecule has 4 heterocycles. The highest BCUT2D eigenvalue weighted by Gasteiger charge is 2.28. The summed E-state index contributed by atoms with van der Waals surface area (Å²) >= 11 is 0. The van der Waals surface area contributed by atoms with Crippen LogP contribution in [0.25, 0.3) is 92.4 Å². The van der Waals surface area contributed by atoms with Gasteiger partial charge < -0.3 is 8.80 Å². The second-order valence-corrected chi connectivity index (χ2v) is 19.4. The molecule has 2 nitrogen and oxygen atoms in total. The Hall–Kier alpha value is -6.86. The zero-order valence-electron chi connectivity index (χ0n) is 34.4. The fourth-order valence-electron chi connectivity index (χ4n) is 11.0. The van der Waals surface area contributed by atoms with E-state index in [0.29, 0.717) is 0 Å². The Kier molecular flexibility index (Phi) is 7.63. The van der Waals surface area contributed by atoms with Crippen LogP contribution < -0.4 is 0 Å². The van der Waals surface area contributed by atoms with E-state index in [2.05, 4.69) is 199 Å². The number of aryl methyl sites for hydroxylation is 2. The molecule has 0 saturated heterocycles. The van der Waals surface area contributed by atoms with Crippen LogP contribution in [-0.4, -0.2) is 8.80 Å². The van der Waals surface area contributed by atoms with Crippen molar-refractivity contribution in [3.63, 3.8) is 0 Å². The second kappa shape index (κ2) is 13.3. The van der Waals surface area contributed by atoms with Crippen molar-refractivity contribution < 1.29 is 0 Å². The fraction of sp³-hybridized carbons (Fsp3) is 0.103. The first kappa shape index (κ1) is 34.9. The van der Waals surface area contributed by atoms with Gasteiger partial charge in [-0.05, 0) is 144 Å². The Morgan fingerprint density at radius 1 is 0.459 bits per heavy atom. The summed E-state index contributed by atoms with van der Waals surface area (Å²) in [5, 5.41) is 9.70. The van der Waals surface area contributed by atoms with E-state index in [-0.39, 0.29) is 0 Å². The summed E-state index contributed by atoms with van der Waals surface area (Å²) in [6.45, 7) is 4.51. The zero-order valence-corrected chi connectivity index (χ0v) is 35.3. The van der Waals surface area contributed by atoms with Gasteiger partial charge in [0.25, 0.3) is 0 Å². The summed E-state index contributed by atoms with van der Waals surface area (Å²) < 4.78 is 5.27. The molecule has 0 N–H and O–H groups in total. The number of nitrogens with zero attached hydrogens (tertiary/aromatic N) is 2. The highest BCUT2D eigenvalue weighted by atomic mass is 31.1. The molecule has 290 valence electrons. The monoisotopic (exact) mass is 798 g/mol. The number of fused-ring (bicyclic) bond motifs is 10. The van der Waals surface area contributed by atoms with E-state index in [1.807, 2.05) is 0 Å². The van der Waals surface area contributed by atoms with E-state index >= 15 is 0 Å². The van der Waals surface area contributed by atoms with Gasteiger partial charge in [0, 0.05) is 37.1 Å². The van der Waals surface area contributed by atoms with Gasteiger partial charge in [0.15, 0.2) is 0 Å². The van der Waals surface area contributed by atoms with Crippen molar-refractivity contribution in [2.24, 2.45) is 0 Å². The lowest BCUT2D eigenvalue weighted by molar-refractivity contribution is 0.995. The molecular weight excluding hydrogens is 756 g/mol. The molecular formula is C58H43N2P. The molecule has 0 fully saturated rings. The first-order valence-corrected chi connectivity index (χ1v) is 23.1. The fourth-order valence-corrected chi connectivity index (χ4v) is 13.9. The van der Waals surface area contributed by atoms with E-state index in [0.717, 1.165) is 25.7 Å². The molecule has 8 aromatic carbocycles. The smallest absolute Gasteiger partial charge is 0.0657 e. The van der Waals surface area contributed by atoms with E-state index in [1.165, 1.54) is 126 Å². The summed E-state index contributed by atoms with van der Waals surface area (Å²) in [6, 6.07) is 60.3. The number of rotatable bonds is 6. The van der Waals surface area contributed by atoms with Crippen LogP contribution in [0.15, 0.2) is 182 Å². The maximum absolute atomic E-state index is 2.64. The largest absolute Gasteiger partial charge is 0.307 e. The first-order valence-electron chi connectivity index (χ1n) is 21.8. The molecule has 10 aromatic rings. The molecule has 61 heavy (non-hydrogen) atoms. The minimum Gasteiger partial charge on any atom is -0.307 e. The summed E-state index contributed by atoms with van der Waals surface area (Å²) in [5.74, 6) is 0. The van der Waals surface area contributed by atoms with Gasteiger partial charge in [-0.15, -0.1) is 0 Å². The maximum atomic E-state index is 2.64. The van der Waals surface area contributed by atoms with Gasteiger partial charge in [0.05, 0.1) is 33.1 Å². The number of benzene rings is 8. The highest BCUT2D eigenvalue weighted by Crippen LogP contribution is 2.60. The normalized spacial score (nSPS) is 13.7. The molecule has 1 atom stereocenters. The van der Waals surface area contributed by atoms with Crippen molar-refractivity contribution in [3.05, 3.63) is 209 Å². The topological polar surface area (TPSA) is 8.82 Å². The van der Waals surface area contributed by atoms with E-state index < -0.39 is 7.53 Å². The number of hydrogen-bond donors (Lipinski definition) is 0. The van der Waals surface area contributed by atoms with Crippen molar-refractivity contribution >= 4 is 72.4 Å². The van der Waals surface area contributed by atoms with Crippen molar-refractivity contribution in [2.75, 3.05) is 0 Å². The predicted molar refractivity (Wildman–Crippen MR) is 262 cm³/mol. The summed E-state index contributed by atoms with van der Waals surface area (Å²) in [7, 11) is -0.846. The molecule has 13 rings (SSSR count). The molecule has 1 unspecified atom stereocenters. The summed E-state index contributed by atoms with van der Waals surface area (Å²) in [6.07, 6.45) is 11.2. The summed E-state index contributed by atoms with van der Waals surface area (Å²) in [4.78, 5) is 0. The zero-order chi connectivity index (χ0) is 40.3. The quantitative estimate of drug-likeness (QED) is 0.117. The molecule has 2 aromatic heterocycles. The lowest BCUT2D eigenvalue weighted by Gasteiger charge is -2.22. The second-order valence-electron chi connectivity index (χ2n) is 17.3. The average molecular weight is 799 g/mol. The van der Waals surface area contributed by atoms with Crippen molar-refractivity contribution in [1.29, 1.82) is 0 Å². The predicted octanol–water partition coefficient (Wildman–Crippen LogP) is 16.2. The van der Waals surface area contributed by atoms with Crippen LogP contribution in [0.4, 0.5) is 0 Å². The maximum Gasteiger partial charge on any atom is 0.0657 e. The van der Waals surface area contributed by atoms with Crippen LogP contribution in [0.2, 0.25) is 0 Å². The van der Waals surface area contributed by atoms with Crippen LogP contribution >= 0.6 is 7.53 Å². The Morgan fingerprint density at radius 2 is 1.00 bits per heavy atom. The lowest BCUT2D eigenvalue weighted by atomic mass is 9.90. The molecule has 0 radical (unpaired) electrons. The minimum absolute atomic E-state index is 0.846. The van der Waals surface area contributed by atoms with Crippen LogP contribution in [0.3, 0.4) is 0 Å². The van der Waals surface area contributed by atoms with Crippen LogP contribution in [0.1, 0.15) is 40.7 Å². The third-order valence-corrected chi connectivity index (χ3v) is 16.3. The molecule has 0 amide bonds. The summed E-state index contributed by atoms with van der Waals surface area (Å²) in [5.41, 5.74) is 21.3. The number of para-hydroxylation sites is 2. The molecule has 2 aliphatic heterocycles. The Morgan fingerprint density at radius 3 is 1.56 bits per heavy atom. The van der Waals surface area contributed by atoms with Gasteiger partial charge in [-0.2, -0.15) is 0 Å². The van der Waals surface area contributed by atoms with Gasteiger partial charge in [-0.1, -0.05) is 135 Å². The molecule has 0 saturated carbocycles. The van der Waals surface area contributed by atoms with Gasteiger partial charge in [-0.25, -0.2) is 0 Å². The van der Waals surface area contributed by atoms with Crippen LogP contribution in [0.5, 0.6) is 0 Å². The minimum atomic E-state index is -0.846. The average Bonchev–Trinajstić information content (AvgIpc) is 3.80. The Bertz CT molecular complexity index is 3770. The number of hydrogen-bond acceptors (Lipinski definition) is 0. The van der Waals surface area contributed by atoms with E-state index in [1.54, 1.807) is 0 Å². The molecule has 0 bridgehead atoms. The molecule has 0 spiro atoms. The standard InChI is InChI=1S/C58H43N2P/c1-36-16-9-11-22-42(36)46-34-48-44-24-13-28-54-56(44)59(52(48)32-40(46)30-38-18-5-3-6-19-38)50-26-15-27-51-58(50)61(54)55-29-14-25-45-49-35-47(43-23-12-10-17-37(43)2)41(31-39-20-7-4-8-21-39)33-53(49)60(51)57(45)55/h3,5-7,9-29,32-35H,4,8,30-31H2,1-2H3. The first-order chi connectivity index (χ1) is 30.1. The number of aromatic nitrogens is 2. The van der Waals surface area contributed by atoms with Crippen molar-refractivity contribution in [3.8, 4) is 27.6 Å². The van der Waals surface area contributed by atoms with Gasteiger partial charge in [-0.3, -0.25) is 0 Å². The van der Waals surface area contributed by atoms with E-state index in [4.69, 9.17) is 0 Å². The third-order valence-electron chi connectivity index (χ3n) is 13.7. The van der Waals surface area contributed by atoms with Crippen LogP contribution in [-0.2, 0) is 12.8 Å². The Labute approximate surface area is 356 Å². The molecule has 3 aliphatic rings. The van der Waals surface area contributed by atoms with Crippen molar-refractivity contribution in [1.82, 2.24) is 8.80 Å². The van der Waals surface area contributed by atoms with Crippen LogP contribution in [0, 0.1) is 13.8 Å². The van der Waals surface area contributed by atoms with Gasteiger partial charge in [0.2, 0.25) is 0 Å². The molecule has 1 aliphatic carbocycles. The number of allylic oxidation sites excluding steroid dienone is 4. The van der Waals surface area contributed by atoms with Crippen molar-refractivity contribution in [2.45, 2.75) is 39.5 Å². The van der Waals surface area contributed by atoms with Gasteiger partial charge >= 0.3 is 0 Å². The van der Waals surface area contributed by atoms with E-state index in [9.17, 15) is 0 Å². The Balaban J connectivity index is 1.17. The SMILES string of the molecule is Cc1ccccc1-c1cc2c3cccc4c3n(c3cccc5c3-p4c3cccc4c6cc(-c7ccccc7C)c(Cc7ccccc7)cc6n5c43)c2cc1CC1=CCCC=C1. The van der Waals surface area contributed by atoms with Gasteiger partial charge in [0.1, 0.15) is 0 Å². The third kappa shape index (κ3) is 5.10. The molecule has 3 heteroatoms. The lowest BCUT2D eigenvalue weighted by Crippen LogP contribution is -1.99.